The molecule has 5 aromatic carbocycles. The van der Waals surface area contributed by atoms with E-state index in [1.54, 1.807) is 25.6 Å². The number of hydrogen-bond acceptors (Lipinski definition) is 9. The lowest BCUT2D eigenvalue weighted by Crippen LogP contribution is -2.11. The molecule has 0 bridgehead atoms. The molecular weight excluding hydrogens is 623 g/mol. The molecule has 5 rings (SSSR count). The first-order chi connectivity index (χ1) is 23.2. The Balaban J connectivity index is 1.42. The zero-order chi connectivity index (χ0) is 34.0. The predicted octanol–water partition coefficient (Wildman–Crippen LogP) is 9.11. The second-order valence-corrected chi connectivity index (χ2v) is 11.9. The SMILES string of the molecule is CC(=O)O/N=C(\C)c1ccc(N(c2ccc(C(=O)c3ccc(Sc4ccccc4)cc3)cc2)c2ccc(/C(C)=N/OC(C)=O)cc2)cc1. The Morgan fingerprint density at radius 3 is 1.23 bits per heavy atom. The second-order valence-electron chi connectivity index (χ2n) is 10.8. The maximum Gasteiger partial charge on any atom is 0.331 e. The fraction of sp³-hybridized carbons (Fsp3) is 0.103. The summed E-state index contributed by atoms with van der Waals surface area (Å²) in [5.41, 5.74) is 6.42. The summed E-state index contributed by atoms with van der Waals surface area (Å²) in [7, 11) is 0. The second kappa shape index (κ2) is 15.7. The highest BCUT2D eigenvalue weighted by Crippen LogP contribution is 2.35. The van der Waals surface area contributed by atoms with E-state index < -0.39 is 11.9 Å². The zero-order valence-electron chi connectivity index (χ0n) is 26.9. The van der Waals surface area contributed by atoms with Gasteiger partial charge in [0.1, 0.15) is 0 Å². The lowest BCUT2D eigenvalue weighted by atomic mass is 10.0. The molecule has 0 aromatic heterocycles. The molecule has 0 N–H and O–H groups in total. The normalized spacial score (nSPS) is 11.5. The van der Waals surface area contributed by atoms with Crippen LogP contribution in [0.2, 0.25) is 0 Å². The van der Waals surface area contributed by atoms with Crippen LogP contribution >= 0.6 is 11.8 Å². The number of hydrogen-bond donors (Lipinski definition) is 0. The quantitative estimate of drug-likeness (QED) is 0.0606. The molecule has 0 radical (unpaired) electrons. The number of ketones is 1. The highest BCUT2D eigenvalue weighted by atomic mass is 32.2. The molecule has 0 saturated carbocycles. The smallest absolute Gasteiger partial charge is 0.318 e. The van der Waals surface area contributed by atoms with Gasteiger partial charge in [0.15, 0.2) is 5.78 Å². The zero-order valence-corrected chi connectivity index (χ0v) is 27.7. The molecule has 0 saturated heterocycles. The molecule has 0 aliphatic heterocycles. The average Bonchev–Trinajstić information content (AvgIpc) is 3.11. The van der Waals surface area contributed by atoms with Gasteiger partial charge in [0.25, 0.3) is 0 Å². The predicted molar refractivity (Wildman–Crippen MR) is 190 cm³/mol. The Morgan fingerprint density at radius 1 is 0.479 bits per heavy atom. The van der Waals surface area contributed by atoms with Crippen molar-refractivity contribution < 1.29 is 24.1 Å². The van der Waals surface area contributed by atoms with E-state index in [1.165, 1.54) is 13.8 Å². The summed E-state index contributed by atoms with van der Waals surface area (Å²) in [6.07, 6.45) is 0. The van der Waals surface area contributed by atoms with Crippen molar-refractivity contribution in [3.05, 3.63) is 150 Å². The first-order valence-corrected chi connectivity index (χ1v) is 15.9. The van der Waals surface area contributed by atoms with Gasteiger partial charge in [0.2, 0.25) is 0 Å². The van der Waals surface area contributed by atoms with E-state index in [1.807, 2.05) is 115 Å². The van der Waals surface area contributed by atoms with Crippen molar-refractivity contribution in [3.8, 4) is 0 Å². The Morgan fingerprint density at radius 2 is 0.833 bits per heavy atom. The van der Waals surface area contributed by atoms with Crippen LogP contribution in [0.15, 0.2) is 147 Å². The number of nitrogens with zero attached hydrogens (tertiary/aromatic N) is 3. The molecule has 0 amide bonds. The van der Waals surface area contributed by atoms with E-state index >= 15 is 0 Å². The van der Waals surface area contributed by atoms with Crippen molar-refractivity contribution in [2.24, 2.45) is 10.3 Å². The van der Waals surface area contributed by atoms with Gasteiger partial charge in [0.05, 0.1) is 11.4 Å². The molecule has 0 unspecified atom stereocenters. The van der Waals surface area contributed by atoms with E-state index in [-0.39, 0.29) is 5.78 Å². The van der Waals surface area contributed by atoms with Crippen LogP contribution in [0.1, 0.15) is 54.7 Å². The summed E-state index contributed by atoms with van der Waals surface area (Å²) in [5, 5.41) is 7.78. The van der Waals surface area contributed by atoms with Crippen molar-refractivity contribution in [2.75, 3.05) is 4.90 Å². The summed E-state index contributed by atoms with van der Waals surface area (Å²) in [4.78, 5) is 49.7. The molecule has 48 heavy (non-hydrogen) atoms. The van der Waals surface area contributed by atoms with E-state index in [2.05, 4.69) is 27.3 Å². The Kier molecular flexibility index (Phi) is 11.0. The van der Waals surface area contributed by atoms with Gasteiger partial charge < -0.3 is 14.6 Å². The molecule has 9 heteroatoms. The Bertz CT molecular complexity index is 1880. The van der Waals surface area contributed by atoms with Gasteiger partial charge in [0, 0.05) is 51.8 Å². The lowest BCUT2D eigenvalue weighted by Gasteiger charge is -2.26. The minimum absolute atomic E-state index is 0.0665. The van der Waals surface area contributed by atoms with Crippen LogP contribution in [0.5, 0.6) is 0 Å². The number of benzene rings is 5. The summed E-state index contributed by atoms with van der Waals surface area (Å²) < 4.78 is 0. The first-order valence-electron chi connectivity index (χ1n) is 15.1. The molecule has 0 aliphatic rings. The number of rotatable bonds is 11. The number of carbonyl (C=O) groups is 3. The minimum atomic E-state index is -0.491. The van der Waals surface area contributed by atoms with Crippen molar-refractivity contribution in [1.82, 2.24) is 0 Å². The van der Waals surface area contributed by atoms with Gasteiger partial charge in [-0.15, -0.1) is 0 Å². The number of carbonyl (C=O) groups excluding carboxylic acids is 3. The van der Waals surface area contributed by atoms with E-state index in [0.29, 0.717) is 22.6 Å². The summed E-state index contributed by atoms with van der Waals surface area (Å²) in [6, 6.07) is 40.6. The highest BCUT2D eigenvalue weighted by Gasteiger charge is 2.16. The van der Waals surface area contributed by atoms with Gasteiger partial charge in [-0.2, -0.15) is 0 Å². The lowest BCUT2D eigenvalue weighted by molar-refractivity contribution is -0.141. The third-order valence-corrected chi connectivity index (χ3v) is 8.21. The summed E-state index contributed by atoms with van der Waals surface area (Å²) in [6.45, 7) is 6.13. The molecule has 8 nitrogen and oxygen atoms in total. The molecular formula is C39H33N3O5S. The highest BCUT2D eigenvalue weighted by molar-refractivity contribution is 7.99. The first kappa shape index (κ1) is 33.6. The van der Waals surface area contributed by atoms with Gasteiger partial charge in [-0.1, -0.05) is 64.5 Å². The van der Waals surface area contributed by atoms with Gasteiger partial charge >= 0.3 is 11.9 Å². The number of anilines is 3. The van der Waals surface area contributed by atoms with Gasteiger partial charge in [-0.3, -0.25) is 4.79 Å². The fourth-order valence-corrected chi connectivity index (χ4v) is 5.59. The van der Waals surface area contributed by atoms with E-state index in [4.69, 9.17) is 9.68 Å². The van der Waals surface area contributed by atoms with Crippen LogP contribution in [-0.2, 0) is 19.3 Å². The van der Waals surface area contributed by atoms with Crippen LogP contribution in [0, 0.1) is 0 Å². The molecule has 0 heterocycles. The molecule has 0 aliphatic carbocycles. The summed E-state index contributed by atoms with van der Waals surface area (Å²) >= 11 is 1.65. The van der Waals surface area contributed by atoms with Crippen molar-refractivity contribution in [1.29, 1.82) is 0 Å². The van der Waals surface area contributed by atoms with Crippen LogP contribution in [0.3, 0.4) is 0 Å². The van der Waals surface area contributed by atoms with Crippen molar-refractivity contribution >= 4 is 58.0 Å². The summed E-state index contributed by atoms with van der Waals surface area (Å²) in [5.74, 6) is -1.05. The average molecular weight is 656 g/mol. The van der Waals surface area contributed by atoms with E-state index in [0.717, 1.165) is 38.0 Å². The third-order valence-electron chi connectivity index (χ3n) is 7.19. The maximum atomic E-state index is 13.4. The molecule has 0 atom stereocenters. The van der Waals surface area contributed by atoms with Crippen LogP contribution < -0.4 is 4.90 Å². The van der Waals surface area contributed by atoms with Gasteiger partial charge in [-0.05, 0) is 110 Å². The van der Waals surface area contributed by atoms with Crippen LogP contribution in [0.25, 0.3) is 0 Å². The molecule has 0 fully saturated rings. The minimum Gasteiger partial charge on any atom is -0.318 e. The maximum absolute atomic E-state index is 13.4. The molecule has 240 valence electrons. The standard InChI is InChI=1S/C39H33N3O5S/c1-26(40-46-28(3)43)30-10-18-34(19-11-30)42(35-20-12-31(13-21-35)27(2)41-47-29(4)44)36-22-14-32(15-23-36)39(45)33-16-24-38(25-17-33)48-37-8-6-5-7-9-37/h5-25H,1-4H3/b40-26+,41-27+. The van der Waals surface area contributed by atoms with Crippen LogP contribution in [0.4, 0.5) is 17.1 Å². The Labute approximate surface area is 283 Å². The fourth-order valence-electron chi connectivity index (χ4n) is 4.75. The van der Waals surface area contributed by atoms with Crippen LogP contribution in [-0.4, -0.2) is 29.1 Å². The van der Waals surface area contributed by atoms with Crippen molar-refractivity contribution in [3.63, 3.8) is 0 Å². The number of oxime groups is 2. The molecule has 0 spiro atoms. The largest absolute Gasteiger partial charge is 0.331 e. The molecule has 5 aromatic rings. The topological polar surface area (TPSA) is 97.6 Å². The Hall–Kier alpha value is -5.80. The third kappa shape index (κ3) is 8.71. The van der Waals surface area contributed by atoms with Gasteiger partial charge in [-0.25, -0.2) is 9.59 Å². The monoisotopic (exact) mass is 655 g/mol. The van der Waals surface area contributed by atoms with Crippen molar-refractivity contribution in [2.45, 2.75) is 37.5 Å². The van der Waals surface area contributed by atoms with E-state index in [9.17, 15) is 14.4 Å².